The van der Waals surface area contributed by atoms with Crippen LogP contribution in [0.2, 0.25) is 10.0 Å². The van der Waals surface area contributed by atoms with Crippen molar-refractivity contribution in [3.05, 3.63) is 50.5 Å². The first-order valence-corrected chi connectivity index (χ1v) is 6.47. The van der Waals surface area contributed by atoms with Gasteiger partial charge in [-0.2, -0.15) is 0 Å². The highest BCUT2D eigenvalue weighted by Gasteiger charge is 2.05. The standard InChI is InChI=1S/C12H9BrCl2N2/c1-7-8(13)5-6-11(16-7)17-10-4-2-3-9(14)12(10)15/h2-6H,1H3,(H,16,17). The molecule has 1 aromatic heterocycles. The predicted octanol–water partition coefficient (Wildman–Crippen LogP) is 5.20. The molecule has 0 amide bonds. The molecule has 1 N–H and O–H groups in total. The Morgan fingerprint density at radius 3 is 2.65 bits per heavy atom. The highest BCUT2D eigenvalue weighted by Crippen LogP contribution is 2.31. The average Bonchev–Trinajstić information content (AvgIpc) is 2.30. The van der Waals surface area contributed by atoms with Crippen molar-refractivity contribution in [2.45, 2.75) is 6.92 Å². The summed E-state index contributed by atoms with van der Waals surface area (Å²) in [7, 11) is 0. The molecule has 0 aliphatic heterocycles. The van der Waals surface area contributed by atoms with E-state index in [2.05, 4.69) is 26.2 Å². The number of aryl methyl sites for hydroxylation is 1. The van der Waals surface area contributed by atoms with Crippen molar-refractivity contribution >= 4 is 50.6 Å². The molecule has 0 aliphatic rings. The van der Waals surface area contributed by atoms with E-state index in [0.29, 0.717) is 10.0 Å². The molecule has 1 aromatic carbocycles. The van der Waals surface area contributed by atoms with E-state index in [4.69, 9.17) is 23.2 Å². The van der Waals surface area contributed by atoms with Crippen molar-refractivity contribution in [2.75, 3.05) is 5.32 Å². The summed E-state index contributed by atoms with van der Waals surface area (Å²) in [5.74, 6) is 0.731. The second-order valence-corrected chi connectivity index (χ2v) is 5.13. The van der Waals surface area contributed by atoms with Gasteiger partial charge in [-0.25, -0.2) is 4.98 Å². The van der Waals surface area contributed by atoms with Crippen molar-refractivity contribution < 1.29 is 0 Å². The molecule has 2 nitrogen and oxygen atoms in total. The van der Waals surface area contributed by atoms with Gasteiger partial charge in [0.25, 0.3) is 0 Å². The summed E-state index contributed by atoms with van der Waals surface area (Å²) in [5, 5.41) is 4.15. The monoisotopic (exact) mass is 330 g/mol. The van der Waals surface area contributed by atoms with Crippen LogP contribution in [0.25, 0.3) is 0 Å². The minimum atomic E-state index is 0.497. The lowest BCUT2D eigenvalue weighted by molar-refractivity contribution is 1.18. The highest BCUT2D eigenvalue weighted by molar-refractivity contribution is 9.10. The zero-order chi connectivity index (χ0) is 12.4. The second-order valence-electron chi connectivity index (χ2n) is 3.49. The Kier molecular flexibility index (Phi) is 3.92. The Morgan fingerprint density at radius 1 is 1.18 bits per heavy atom. The number of rotatable bonds is 2. The van der Waals surface area contributed by atoms with Gasteiger partial charge in [-0.05, 0) is 47.1 Å². The van der Waals surface area contributed by atoms with E-state index in [9.17, 15) is 0 Å². The number of anilines is 2. The number of hydrogen-bond acceptors (Lipinski definition) is 2. The lowest BCUT2D eigenvalue weighted by Gasteiger charge is -2.09. The van der Waals surface area contributed by atoms with Crippen LogP contribution in [0.15, 0.2) is 34.8 Å². The molecule has 0 atom stereocenters. The molecule has 1 heterocycles. The fourth-order valence-corrected chi connectivity index (χ4v) is 1.92. The van der Waals surface area contributed by atoms with Gasteiger partial charge in [0.1, 0.15) is 5.82 Å². The van der Waals surface area contributed by atoms with Crippen LogP contribution in [0.5, 0.6) is 0 Å². The molecule has 5 heteroatoms. The van der Waals surface area contributed by atoms with Crippen molar-refractivity contribution in [1.29, 1.82) is 0 Å². The quantitative estimate of drug-likeness (QED) is 0.817. The third-order valence-electron chi connectivity index (χ3n) is 2.24. The van der Waals surface area contributed by atoms with Crippen LogP contribution in [-0.2, 0) is 0 Å². The Bertz CT molecular complexity index is 558. The van der Waals surface area contributed by atoms with Crippen LogP contribution < -0.4 is 5.32 Å². The van der Waals surface area contributed by atoms with Crippen LogP contribution in [0, 0.1) is 6.92 Å². The number of halogens is 3. The number of nitrogens with zero attached hydrogens (tertiary/aromatic N) is 1. The fraction of sp³-hybridized carbons (Fsp3) is 0.0833. The second kappa shape index (κ2) is 5.25. The first-order chi connectivity index (χ1) is 8.08. The maximum Gasteiger partial charge on any atom is 0.130 e. The molecule has 2 rings (SSSR count). The molecule has 0 fully saturated rings. The van der Waals surface area contributed by atoms with Crippen LogP contribution in [0.3, 0.4) is 0 Å². The van der Waals surface area contributed by atoms with E-state index >= 15 is 0 Å². The average molecular weight is 332 g/mol. The molecular weight excluding hydrogens is 323 g/mol. The van der Waals surface area contributed by atoms with Gasteiger partial charge in [0, 0.05) is 4.47 Å². The molecule has 17 heavy (non-hydrogen) atoms. The minimum absolute atomic E-state index is 0.497. The number of pyridine rings is 1. The molecule has 2 aromatic rings. The van der Waals surface area contributed by atoms with Crippen molar-refractivity contribution in [1.82, 2.24) is 4.98 Å². The van der Waals surface area contributed by atoms with Gasteiger partial charge >= 0.3 is 0 Å². The maximum atomic E-state index is 6.08. The Balaban J connectivity index is 2.31. The maximum absolute atomic E-state index is 6.08. The molecule has 0 bridgehead atoms. The third-order valence-corrected chi connectivity index (χ3v) is 3.89. The largest absolute Gasteiger partial charge is 0.339 e. The van der Waals surface area contributed by atoms with Gasteiger partial charge in [0.2, 0.25) is 0 Å². The first kappa shape index (κ1) is 12.7. The van der Waals surface area contributed by atoms with E-state index in [1.807, 2.05) is 31.2 Å². The molecule has 0 saturated carbocycles. The molecule has 0 spiro atoms. The Morgan fingerprint density at radius 2 is 1.94 bits per heavy atom. The van der Waals surface area contributed by atoms with Gasteiger partial charge in [-0.1, -0.05) is 29.3 Å². The van der Waals surface area contributed by atoms with Gasteiger partial charge in [0.15, 0.2) is 0 Å². The Labute approximate surface area is 118 Å². The minimum Gasteiger partial charge on any atom is -0.339 e. The topological polar surface area (TPSA) is 24.9 Å². The summed E-state index contributed by atoms with van der Waals surface area (Å²) < 4.78 is 0.972. The molecular formula is C12H9BrCl2N2. The SMILES string of the molecule is Cc1nc(Nc2cccc(Cl)c2Cl)ccc1Br. The van der Waals surface area contributed by atoms with Gasteiger partial charge < -0.3 is 5.32 Å². The number of nitrogens with one attached hydrogen (secondary N) is 1. The van der Waals surface area contributed by atoms with E-state index in [0.717, 1.165) is 21.7 Å². The smallest absolute Gasteiger partial charge is 0.130 e. The summed E-state index contributed by atoms with van der Waals surface area (Å²) >= 11 is 15.4. The molecule has 88 valence electrons. The van der Waals surface area contributed by atoms with Crippen LogP contribution in [-0.4, -0.2) is 4.98 Å². The van der Waals surface area contributed by atoms with Gasteiger partial charge in [0.05, 0.1) is 21.4 Å². The molecule has 0 aliphatic carbocycles. The molecule has 0 saturated heterocycles. The Hall–Kier alpha value is -0.770. The summed E-state index contributed by atoms with van der Waals surface area (Å²) in [6.45, 7) is 1.93. The summed E-state index contributed by atoms with van der Waals surface area (Å²) in [5.41, 5.74) is 1.65. The number of benzene rings is 1. The molecule has 0 radical (unpaired) electrons. The highest BCUT2D eigenvalue weighted by atomic mass is 79.9. The van der Waals surface area contributed by atoms with Crippen molar-refractivity contribution in [3.8, 4) is 0 Å². The van der Waals surface area contributed by atoms with E-state index < -0.39 is 0 Å². The normalized spacial score (nSPS) is 10.4. The van der Waals surface area contributed by atoms with Crippen LogP contribution in [0.1, 0.15) is 5.69 Å². The summed E-state index contributed by atoms with van der Waals surface area (Å²) in [4.78, 5) is 4.38. The van der Waals surface area contributed by atoms with Gasteiger partial charge in [-0.15, -0.1) is 0 Å². The van der Waals surface area contributed by atoms with E-state index in [1.165, 1.54) is 0 Å². The lowest BCUT2D eigenvalue weighted by Crippen LogP contribution is -1.96. The lowest BCUT2D eigenvalue weighted by atomic mass is 10.3. The third kappa shape index (κ3) is 2.92. The molecule has 0 unspecified atom stereocenters. The van der Waals surface area contributed by atoms with Gasteiger partial charge in [-0.3, -0.25) is 0 Å². The zero-order valence-electron chi connectivity index (χ0n) is 8.97. The van der Waals surface area contributed by atoms with Crippen LogP contribution >= 0.6 is 39.1 Å². The fourth-order valence-electron chi connectivity index (χ4n) is 1.35. The van der Waals surface area contributed by atoms with E-state index in [1.54, 1.807) is 6.07 Å². The summed E-state index contributed by atoms with van der Waals surface area (Å²) in [6, 6.07) is 9.24. The summed E-state index contributed by atoms with van der Waals surface area (Å²) in [6.07, 6.45) is 0. The number of aromatic nitrogens is 1. The predicted molar refractivity (Wildman–Crippen MR) is 76.4 cm³/mol. The first-order valence-electron chi connectivity index (χ1n) is 4.92. The van der Waals surface area contributed by atoms with Crippen molar-refractivity contribution in [3.63, 3.8) is 0 Å². The van der Waals surface area contributed by atoms with E-state index in [-0.39, 0.29) is 0 Å². The van der Waals surface area contributed by atoms with Crippen molar-refractivity contribution in [2.24, 2.45) is 0 Å². The zero-order valence-corrected chi connectivity index (χ0v) is 12.1. The number of hydrogen-bond donors (Lipinski definition) is 1. The van der Waals surface area contributed by atoms with Crippen LogP contribution in [0.4, 0.5) is 11.5 Å².